The molecular formula is C23H28N4O2. The predicted octanol–water partition coefficient (Wildman–Crippen LogP) is 2.65. The maximum absolute atomic E-state index is 12.4. The average molecular weight is 393 g/mol. The number of imidazole rings is 1. The fourth-order valence-corrected chi connectivity index (χ4v) is 3.73. The van der Waals surface area contributed by atoms with Crippen LogP contribution in [0.4, 0.5) is 0 Å². The molecule has 0 atom stereocenters. The Hall–Kier alpha value is -2.70. The van der Waals surface area contributed by atoms with Crippen molar-refractivity contribution in [2.45, 2.75) is 19.9 Å². The van der Waals surface area contributed by atoms with Crippen LogP contribution in [0.25, 0.3) is 11.0 Å². The molecule has 1 aromatic heterocycles. The number of carbonyl (C=O) groups excluding carboxylic acids is 1. The Morgan fingerprint density at radius 3 is 2.62 bits per heavy atom. The summed E-state index contributed by atoms with van der Waals surface area (Å²) in [5, 5.41) is 3.02. The first-order chi connectivity index (χ1) is 14.2. The van der Waals surface area contributed by atoms with Gasteiger partial charge < -0.3 is 14.6 Å². The van der Waals surface area contributed by atoms with Crippen molar-refractivity contribution in [3.8, 4) is 0 Å². The van der Waals surface area contributed by atoms with Gasteiger partial charge in [-0.05, 0) is 31.2 Å². The number of hydrogen-bond donors (Lipinski definition) is 1. The van der Waals surface area contributed by atoms with Crippen molar-refractivity contribution in [3.63, 3.8) is 0 Å². The number of para-hydroxylation sites is 2. The summed E-state index contributed by atoms with van der Waals surface area (Å²) in [6.07, 6.45) is 0.704. The van der Waals surface area contributed by atoms with Crippen LogP contribution in [0.15, 0.2) is 48.5 Å². The number of rotatable bonds is 7. The number of nitrogens with zero attached hydrogens (tertiary/aromatic N) is 3. The highest BCUT2D eigenvalue weighted by Gasteiger charge is 2.14. The fourth-order valence-electron chi connectivity index (χ4n) is 3.73. The van der Waals surface area contributed by atoms with E-state index < -0.39 is 0 Å². The quantitative estimate of drug-likeness (QED) is 0.672. The van der Waals surface area contributed by atoms with Crippen molar-refractivity contribution in [2.75, 3.05) is 39.4 Å². The normalized spacial score (nSPS) is 14.9. The van der Waals surface area contributed by atoms with Gasteiger partial charge in [-0.25, -0.2) is 4.98 Å². The molecule has 0 unspecified atom stereocenters. The van der Waals surface area contributed by atoms with Gasteiger partial charge in [-0.15, -0.1) is 0 Å². The molecule has 1 aliphatic heterocycles. The average Bonchev–Trinajstić information content (AvgIpc) is 3.11. The molecule has 4 rings (SSSR count). The van der Waals surface area contributed by atoms with Crippen molar-refractivity contribution in [1.82, 2.24) is 19.8 Å². The molecule has 1 aliphatic rings. The lowest BCUT2D eigenvalue weighted by Crippen LogP contribution is -2.38. The van der Waals surface area contributed by atoms with Gasteiger partial charge in [-0.1, -0.05) is 29.8 Å². The lowest BCUT2D eigenvalue weighted by atomic mass is 10.1. The van der Waals surface area contributed by atoms with Gasteiger partial charge in [0.05, 0.1) is 24.2 Å². The molecule has 0 aliphatic carbocycles. The molecule has 0 radical (unpaired) electrons. The zero-order valence-electron chi connectivity index (χ0n) is 16.9. The summed E-state index contributed by atoms with van der Waals surface area (Å²) in [6.45, 7) is 8.03. The summed E-state index contributed by atoms with van der Waals surface area (Å²) in [7, 11) is 0. The Bertz CT molecular complexity index is 959. The maximum atomic E-state index is 12.4. The van der Waals surface area contributed by atoms with Crippen molar-refractivity contribution >= 4 is 16.9 Å². The van der Waals surface area contributed by atoms with Crippen LogP contribution in [-0.4, -0.2) is 59.8 Å². The number of aromatic nitrogens is 2. The molecular weight excluding hydrogens is 364 g/mol. The first-order valence-corrected chi connectivity index (χ1v) is 10.3. The Kier molecular flexibility index (Phi) is 6.22. The highest BCUT2D eigenvalue weighted by atomic mass is 16.5. The number of aryl methyl sites for hydroxylation is 1. The van der Waals surface area contributed by atoms with Crippen molar-refractivity contribution in [1.29, 1.82) is 0 Å². The largest absolute Gasteiger partial charge is 0.379 e. The van der Waals surface area contributed by atoms with E-state index >= 15 is 0 Å². The maximum Gasteiger partial charge on any atom is 0.251 e. The summed E-state index contributed by atoms with van der Waals surface area (Å²) in [5.41, 5.74) is 4.00. The number of carbonyl (C=O) groups is 1. The number of nitrogens with one attached hydrogen (secondary N) is 1. The van der Waals surface area contributed by atoms with Crippen molar-refractivity contribution < 1.29 is 9.53 Å². The van der Waals surface area contributed by atoms with E-state index in [-0.39, 0.29) is 5.91 Å². The Morgan fingerprint density at radius 1 is 1.07 bits per heavy atom. The lowest BCUT2D eigenvalue weighted by molar-refractivity contribution is 0.0364. The van der Waals surface area contributed by atoms with Crippen LogP contribution in [0.3, 0.4) is 0 Å². The van der Waals surface area contributed by atoms with Crippen molar-refractivity contribution in [3.05, 3.63) is 65.5 Å². The smallest absolute Gasteiger partial charge is 0.251 e. The number of benzene rings is 2. The van der Waals surface area contributed by atoms with Gasteiger partial charge in [0.1, 0.15) is 5.82 Å². The van der Waals surface area contributed by atoms with E-state index in [4.69, 9.17) is 9.72 Å². The van der Waals surface area contributed by atoms with Gasteiger partial charge in [0.2, 0.25) is 0 Å². The van der Waals surface area contributed by atoms with E-state index in [1.165, 1.54) is 0 Å². The van der Waals surface area contributed by atoms with Gasteiger partial charge in [-0.3, -0.25) is 9.69 Å². The van der Waals surface area contributed by atoms with Crippen LogP contribution in [0.1, 0.15) is 21.7 Å². The van der Waals surface area contributed by atoms with Crippen LogP contribution in [-0.2, 0) is 17.7 Å². The highest BCUT2D eigenvalue weighted by molar-refractivity contribution is 5.94. The van der Waals surface area contributed by atoms with E-state index in [1.54, 1.807) is 0 Å². The van der Waals surface area contributed by atoms with Gasteiger partial charge in [0.15, 0.2) is 0 Å². The zero-order valence-corrected chi connectivity index (χ0v) is 16.9. The molecule has 3 aromatic rings. The van der Waals surface area contributed by atoms with Crippen LogP contribution in [0, 0.1) is 6.92 Å². The van der Waals surface area contributed by atoms with Crippen molar-refractivity contribution in [2.24, 2.45) is 0 Å². The standard InChI is InChI=1S/C23H28N4O2/c1-18-6-8-19(9-7-18)23(28)24-11-10-22-25-20-4-2-3-5-21(20)27(22)13-12-26-14-16-29-17-15-26/h2-9H,10-17H2,1H3,(H,24,28). The van der Waals surface area contributed by atoms with Gasteiger partial charge in [0.25, 0.3) is 5.91 Å². The van der Waals surface area contributed by atoms with Gasteiger partial charge >= 0.3 is 0 Å². The minimum absolute atomic E-state index is 0.0408. The summed E-state index contributed by atoms with van der Waals surface area (Å²) >= 11 is 0. The van der Waals surface area contributed by atoms with E-state index in [0.29, 0.717) is 18.5 Å². The number of ether oxygens (including phenoxy) is 1. The molecule has 6 nitrogen and oxygen atoms in total. The molecule has 6 heteroatoms. The SMILES string of the molecule is Cc1ccc(C(=O)NCCc2nc3ccccc3n2CCN2CCOCC2)cc1. The predicted molar refractivity (Wildman–Crippen MR) is 114 cm³/mol. The summed E-state index contributed by atoms with van der Waals surface area (Å²) in [6, 6.07) is 15.9. The first-order valence-electron chi connectivity index (χ1n) is 10.3. The molecule has 0 saturated carbocycles. The molecule has 1 N–H and O–H groups in total. The molecule has 2 aromatic carbocycles. The monoisotopic (exact) mass is 392 g/mol. The third-order valence-electron chi connectivity index (χ3n) is 5.43. The molecule has 0 bridgehead atoms. The Balaban J connectivity index is 1.42. The summed E-state index contributed by atoms with van der Waals surface area (Å²) < 4.78 is 7.74. The second kappa shape index (κ2) is 9.20. The van der Waals surface area contributed by atoms with E-state index in [2.05, 4.69) is 33.0 Å². The Morgan fingerprint density at radius 2 is 1.83 bits per heavy atom. The third-order valence-corrected chi connectivity index (χ3v) is 5.43. The molecule has 29 heavy (non-hydrogen) atoms. The Labute approximate surface area is 171 Å². The second-order valence-corrected chi connectivity index (χ2v) is 7.49. The topological polar surface area (TPSA) is 59.4 Å². The number of hydrogen-bond acceptors (Lipinski definition) is 4. The highest BCUT2D eigenvalue weighted by Crippen LogP contribution is 2.17. The summed E-state index contributed by atoms with van der Waals surface area (Å²) in [5.74, 6) is 0.977. The minimum Gasteiger partial charge on any atom is -0.379 e. The van der Waals surface area contributed by atoms with E-state index in [0.717, 1.165) is 61.8 Å². The second-order valence-electron chi connectivity index (χ2n) is 7.49. The molecule has 0 spiro atoms. The molecule has 152 valence electrons. The van der Waals surface area contributed by atoms with Crippen LogP contribution in [0.2, 0.25) is 0 Å². The lowest BCUT2D eigenvalue weighted by Gasteiger charge is -2.27. The third kappa shape index (κ3) is 4.83. The number of fused-ring (bicyclic) bond motifs is 1. The van der Waals surface area contributed by atoms with Crippen LogP contribution >= 0.6 is 0 Å². The summed E-state index contributed by atoms with van der Waals surface area (Å²) in [4.78, 5) is 19.6. The zero-order chi connectivity index (χ0) is 20.1. The molecule has 1 amide bonds. The molecule has 2 heterocycles. The molecule has 1 fully saturated rings. The van der Waals surface area contributed by atoms with Gasteiger partial charge in [-0.2, -0.15) is 0 Å². The number of morpholine rings is 1. The first kappa shape index (κ1) is 19.6. The fraction of sp³-hybridized carbons (Fsp3) is 0.391. The van der Waals surface area contributed by atoms with Crippen LogP contribution in [0.5, 0.6) is 0 Å². The van der Waals surface area contributed by atoms with E-state index in [9.17, 15) is 4.79 Å². The minimum atomic E-state index is -0.0408. The molecule has 1 saturated heterocycles. The number of amides is 1. The van der Waals surface area contributed by atoms with Crippen LogP contribution < -0.4 is 5.32 Å². The van der Waals surface area contributed by atoms with E-state index in [1.807, 2.05) is 37.3 Å². The van der Waals surface area contributed by atoms with Gasteiger partial charge in [0, 0.05) is 44.7 Å².